The van der Waals surface area contributed by atoms with Gasteiger partial charge in [0, 0.05) is 10.5 Å². The van der Waals surface area contributed by atoms with Gasteiger partial charge in [-0.1, -0.05) is 17.7 Å². The summed E-state index contributed by atoms with van der Waals surface area (Å²) in [6.45, 7) is 1.23. The largest absolute Gasteiger partial charge is 0.452 e. The predicted molar refractivity (Wildman–Crippen MR) is 84.1 cm³/mol. The maximum Gasteiger partial charge on any atom is 0.338 e. The molecule has 7 heteroatoms. The van der Waals surface area contributed by atoms with Gasteiger partial charge in [0.25, 0.3) is 5.91 Å². The predicted octanol–water partition coefficient (Wildman–Crippen LogP) is 3.83. The highest BCUT2D eigenvalue weighted by Crippen LogP contribution is 2.26. The number of hydrogen-bond acceptors (Lipinski definition) is 3. The Hall–Kier alpha value is -2.28. The van der Waals surface area contributed by atoms with Crippen molar-refractivity contribution in [2.45, 2.75) is 6.92 Å². The lowest BCUT2D eigenvalue weighted by Gasteiger charge is -2.09. The summed E-state index contributed by atoms with van der Waals surface area (Å²) in [6.07, 6.45) is 0. The first-order valence-corrected chi connectivity index (χ1v) is 7.34. The number of carbonyl (C=O) groups is 2. The van der Waals surface area contributed by atoms with E-state index in [0.29, 0.717) is 11.6 Å². The number of hydrogen-bond donors (Lipinski definition) is 1. The zero-order valence-corrected chi connectivity index (χ0v) is 13.6. The molecule has 120 valence electrons. The van der Waals surface area contributed by atoms with Gasteiger partial charge in [-0.05, 0) is 41.1 Å². The summed E-state index contributed by atoms with van der Waals surface area (Å²) in [7, 11) is 0. The van der Waals surface area contributed by atoms with Crippen molar-refractivity contribution in [3.63, 3.8) is 0 Å². The zero-order chi connectivity index (χ0) is 17.0. The quantitative estimate of drug-likeness (QED) is 0.816. The van der Waals surface area contributed by atoms with E-state index in [1.54, 1.807) is 18.2 Å². The molecule has 0 spiro atoms. The number of amides is 1. The van der Waals surface area contributed by atoms with Crippen LogP contribution in [0.2, 0.25) is 0 Å². The average Bonchev–Trinajstić information content (AvgIpc) is 2.48. The molecule has 0 aromatic heterocycles. The Morgan fingerprint density at radius 1 is 1.22 bits per heavy atom. The van der Waals surface area contributed by atoms with Crippen molar-refractivity contribution >= 4 is 33.5 Å². The maximum absolute atomic E-state index is 13.6. The molecule has 0 aliphatic heterocycles. The van der Waals surface area contributed by atoms with Crippen LogP contribution in [0.25, 0.3) is 0 Å². The smallest absolute Gasteiger partial charge is 0.338 e. The van der Waals surface area contributed by atoms with E-state index in [0.717, 1.165) is 11.6 Å². The van der Waals surface area contributed by atoms with Crippen LogP contribution < -0.4 is 5.32 Å². The summed E-state index contributed by atoms with van der Waals surface area (Å²) in [5.41, 5.74) is 0.969. The van der Waals surface area contributed by atoms with Gasteiger partial charge >= 0.3 is 5.97 Å². The Bertz CT molecular complexity index is 742. The lowest BCUT2D eigenvalue weighted by molar-refractivity contribution is -0.119. The van der Waals surface area contributed by atoms with Gasteiger partial charge < -0.3 is 10.1 Å². The molecular formula is C16H12BrF2NO3. The fourth-order valence-electron chi connectivity index (χ4n) is 1.82. The number of ether oxygens (including phenoxy) is 1. The van der Waals surface area contributed by atoms with Crippen molar-refractivity contribution < 1.29 is 23.1 Å². The summed E-state index contributed by atoms with van der Waals surface area (Å²) in [6, 6.07) is 8.34. The third kappa shape index (κ3) is 4.59. The van der Waals surface area contributed by atoms with E-state index in [1.807, 2.05) is 13.0 Å². The Morgan fingerprint density at radius 2 is 1.96 bits per heavy atom. The van der Waals surface area contributed by atoms with Crippen LogP contribution in [0, 0.1) is 18.6 Å². The van der Waals surface area contributed by atoms with E-state index >= 15 is 0 Å². The maximum atomic E-state index is 13.6. The van der Waals surface area contributed by atoms with Crippen LogP contribution in [0.4, 0.5) is 14.5 Å². The molecule has 0 atom stereocenters. The van der Waals surface area contributed by atoms with Crippen LogP contribution in [0.1, 0.15) is 15.9 Å². The zero-order valence-electron chi connectivity index (χ0n) is 12.0. The summed E-state index contributed by atoms with van der Waals surface area (Å²) in [4.78, 5) is 23.5. The molecule has 0 saturated carbocycles. The molecule has 4 nitrogen and oxygen atoms in total. The molecule has 2 aromatic carbocycles. The van der Waals surface area contributed by atoms with Crippen molar-refractivity contribution in [1.82, 2.24) is 0 Å². The molecule has 2 aromatic rings. The van der Waals surface area contributed by atoms with E-state index in [4.69, 9.17) is 4.74 Å². The number of rotatable bonds is 4. The van der Waals surface area contributed by atoms with Gasteiger partial charge in [-0.15, -0.1) is 0 Å². The first-order valence-electron chi connectivity index (χ1n) is 6.55. The molecule has 0 saturated heterocycles. The molecule has 2 rings (SSSR count). The number of nitrogens with one attached hydrogen (secondary N) is 1. The summed E-state index contributed by atoms with van der Waals surface area (Å²) in [5, 5.41) is 2.22. The van der Waals surface area contributed by atoms with E-state index < -0.39 is 30.1 Å². The molecular weight excluding hydrogens is 372 g/mol. The number of halogens is 3. The second-order valence-electron chi connectivity index (χ2n) is 4.74. The highest BCUT2D eigenvalue weighted by atomic mass is 79.9. The Balaban J connectivity index is 1.97. The minimum atomic E-state index is -0.935. The van der Waals surface area contributed by atoms with Crippen molar-refractivity contribution in [3.05, 3.63) is 63.6 Å². The number of carbonyl (C=O) groups excluding carboxylic acids is 2. The second kappa shape index (κ2) is 7.32. The van der Waals surface area contributed by atoms with Gasteiger partial charge in [0.1, 0.15) is 5.82 Å². The van der Waals surface area contributed by atoms with Gasteiger partial charge in [-0.2, -0.15) is 0 Å². The highest BCUT2D eigenvalue weighted by Gasteiger charge is 2.15. The third-order valence-electron chi connectivity index (χ3n) is 2.86. The summed E-state index contributed by atoms with van der Waals surface area (Å²) in [5.74, 6) is -3.12. The van der Waals surface area contributed by atoms with E-state index in [1.165, 1.54) is 0 Å². The van der Waals surface area contributed by atoms with Gasteiger partial charge in [-0.3, -0.25) is 4.79 Å². The number of benzene rings is 2. The number of esters is 1. The van der Waals surface area contributed by atoms with Gasteiger partial charge in [0.05, 0.1) is 11.3 Å². The van der Waals surface area contributed by atoms with Gasteiger partial charge in [0.2, 0.25) is 0 Å². The fourth-order valence-corrected chi connectivity index (χ4v) is 2.33. The lowest BCUT2D eigenvalue weighted by atomic mass is 10.1. The first kappa shape index (κ1) is 17.1. The van der Waals surface area contributed by atoms with Crippen LogP contribution >= 0.6 is 15.9 Å². The Morgan fingerprint density at radius 3 is 2.61 bits per heavy atom. The molecule has 0 unspecified atom stereocenters. The number of anilines is 1. The second-order valence-corrected chi connectivity index (χ2v) is 5.59. The monoisotopic (exact) mass is 383 g/mol. The van der Waals surface area contributed by atoms with E-state index in [-0.39, 0.29) is 10.2 Å². The molecule has 0 fully saturated rings. The van der Waals surface area contributed by atoms with Crippen LogP contribution in [0.3, 0.4) is 0 Å². The molecule has 23 heavy (non-hydrogen) atoms. The third-order valence-corrected chi connectivity index (χ3v) is 3.48. The molecule has 1 N–H and O–H groups in total. The topological polar surface area (TPSA) is 55.4 Å². The average molecular weight is 384 g/mol. The van der Waals surface area contributed by atoms with E-state index in [9.17, 15) is 18.4 Å². The minimum Gasteiger partial charge on any atom is -0.452 e. The van der Waals surface area contributed by atoms with E-state index in [2.05, 4.69) is 21.2 Å². The molecule has 0 aliphatic carbocycles. The normalized spacial score (nSPS) is 10.3. The molecule has 0 bridgehead atoms. The van der Waals surface area contributed by atoms with Crippen LogP contribution in [0.15, 0.2) is 40.9 Å². The molecule has 1 amide bonds. The molecule has 0 heterocycles. The SMILES string of the molecule is Cc1cccc(C(=O)OCC(=O)Nc2c(F)cc(F)cc2Br)c1. The summed E-state index contributed by atoms with van der Waals surface area (Å²) < 4.78 is 31.5. The van der Waals surface area contributed by atoms with Crippen molar-refractivity contribution in [1.29, 1.82) is 0 Å². The highest BCUT2D eigenvalue weighted by molar-refractivity contribution is 9.10. The van der Waals surface area contributed by atoms with Crippen molar-refractivity contribution in [3.8, 4) is 0 Å². The lowest BCUT2D eigenvalue weighted by Crippen LogP contribution is -2.21. The van der Waals surface area contributed by atoms with Crippen molar-refractivity contribution in [2.24, 2.45) is 0 Å². The Kier molecular flexibility index (Phi) is 5.44. The fraction of sp³-hybridized carbons (Fsp3) is 0.125. The summed E-state index contributed by atoms with van der Waals surface area (Å²) >= 11 is 2.95. The first-order chi connectivity index (χ1) is 10.9. The van der Waals surface area contributed by atoms with Crippen molar-refractivity contribution in [2.75, 3.05) is 11.9 Å². The molecule has 0 radical (unpaired) electrons. The van der Waals surface area contributed by atoms with Crippen LogP contribution in [-0.4, -0.2) is 18.5 Å². The minimum absolute atomic E-state index is 0.0494. The standard InChI is InChI=1S/C16H12BrF2NO3/c1-9-3-2-4-10(5-9)16(22)23-8-14(21)20-15-12(17)6-11(18)7-13(15)19/h2-7H,8H2,1H3,(H,20,21). The van der Waals surface area contributed by atoms with Crippen LogP contribution in [-0.2, 0) is 9.53 Å². The van der Waals surface area contributed by atoms with Crippen LogP contribution in [0.5, 0.6) is 0 Å². The molecule has 0 aliphatic rings. The number of aryl methyl sites for hydroxylation is 1. The Labute approximate surface area is 139 Å². The van der Waals surface area contributed by atoms with Gasteiger partial charge in [0.15, 0.2) is 12.4 Å². The van der Waals surface area contributed by atoms with Gasteiger partial charge in [-0.25, -0.2) is 13.6 Å².